The second kappa shape index (κ2) is 21.8. The number of nitrogens with one attached hydrogen (secondary N) is 3. The summed E-state index contributed by atoms with van der Waals surface area (Å²) in [6.07, 6.45) is 7.80. The highest BCUT2D eigenvalue weighted by Gasteiger charge is 2.40. The summed E-state index contributed by atoms with van der Waals surface area (Å²) in [5, 5.41) is 29.9. The van der Waals surface area contributed by atoms with Gasteiger partial charge >= 0.3 is 12.2 Å². The number of allylic oxidation sites excluding steroid dienone is 1. The Hall–Kier alpha value is -6.93. The highest BCUT2D eigenvalue weighted by atomic mass is 28.4. The van der Waals surface area contributed by atoms with Crippen LogP contribution in [0.25, 0.3) is 39.0 Å². The maximum Gasteiger partial charge on any atom is 0.412 e. The van der Waals surface area contributed by atoms with E-state index in [4.69, 9.17) is 9.16 Å². The fraction of sp³-hybridized carbons (Fsp3) is 0.316. The number of pyridine rings is 1. The summed E-state index contributed by atoms with van der Waals surface area (Å²) in [4.78, 5) is 42.3. The quantitative estimate of drug-likeness (QED) is 0.0565. The number of nitrogens with zero attached hydrogens (tertiary/aromatic N) is 2. The van der Waals surface area contributed by atoms with Crippen molar-refractivity contribution < 1.29 is 29.0 Å². The monoisotopic (exact) mass is 959 g/mol. The number of amides is 2. The molecule has 0 unspecified atom stereocenters. The van der Waals surface area contributed by atoms with Gasteiger partial charge in [-0.2, -0.15) is 0 Å². The van der Waals surface area contributed by atoms with Gasteiger partial charge in [-0.15, -0.1) is 0 Å². The molecule has 70 heavy (non-hydrogen) atoms. The number of hydrogen-bond acceptors (Lipinski definition) is 7. The van der Waals surface area contributed by atoms with Crippen LogP contribution < -0.4 is 21.1 Å². The van der Waals surface area contributed by atoms with Gasteiger partial charge in [-0.25, -0.2) is 9.59 Å². The van der Waals surface area contributed by atoms with E-state index in [0.29, 0.717) is 50.0 Å². The third kappa shape index (κ3) is 11.9. The molecular formula is C57H65N5O7Si. The van der Waals surface area contributed by atoms with Crippen LogP contribution in [0.2, 0.25) is 18.1 Å². The lowest BCUT2D eigenvalue weighted by Crippen LogP contribution is -2.46. The maximum absolute atomic E-state index is 13.2. The number of ether oxygens (including phenoxy) is 1. The molecule has 2 aromatic heterocycles. The van der Waals surface area contributed by atoms with Crippen LogP contribution in [0.3, 0.4) is 0 Å². The second-order valence-corrected chi connectivity index (χ2v) is 24.6. The fourth-order valence-electron chi connectivity index (χ4n) is 9.20. The van der Waals surface area contributed by atoms with Gasteiger partial charge in [0, 0.05) is 60.4 Å². The van der Waals surface area contributed by atoms with Gasteiger partial charge in [0.05, 0.1) is 17.3 Å². The SMILES string of the molecule is CC(C)(C)[Si](C)(C)O[C@@H](CNCc1ccc2c(ccn2CCC=Cc2ccc(-c3ccccc3)c(N(C(=O)O)C3CCC(NC(=O)OCc4ccccc4)CC3)c2)c1)c1ccc(O)c2[nH]c(=O)ccc12. The minimum absolute atomic E-state index is 0.0220. The van der Waals surface area contributed by atoms with Crippen molar-refractivity contribution >= 4 is 54.1 Å². The zero-order chi connectivity index (χ0) is 49.4. The Balaban J connectivity index is 0.909. The lowest BCUT2D eigenvalue weighted by atomic mass is 9.89. The van der Waals surface area contributed by atoms with E-state index in [9.17, 15) is 24.6 Å². The Morgan fingerprint density at radius 3 is 2.36 bits per heavy atom. The van der Waals surface area contributed by atoms with Gasteiger partial charge < -0.3 is 39.6 Å². The average Bonchev–Trinajstić information content (AvgIpc) is 3.75. The summed E-state index contributed by atoms with van der Waals surface area (Å²) in [5.41, 5.74) is 7.61. The molecule has 5 aromatic carbocycles. The van der Waals surface area contributed by atoms with Crippen LogP contribution in [0, 0.1) is 0 Å². The number of rotatable bonds is 17. The van der Waals surface area contributed by atoms with Crippen LogP contribution in [-0.2, 0) is 28.9 Å². The second-order valence-electron chi connectivity index (χ2n) is 19.9. The van der Waals surface area contributed by atoms with Gasteiger partial charge in [0.25, 0.3) is 0 Å². The summed E-state index contributed by atoms with van der Waals surface area (Å²) in [5.74, 6) is 0.0285. The summed E-state index contributed by atoms with van der Waals surface area (Å²) in [6, 6.07) is 40.6. The predicted octanol–water partition coefficient (Wildman–Crippen LogP) is 12.5. The molecular weight excluding hydrogens is 895 g/mol. The van der Waals surface area contributed by atoms with E-state index in [1.807, 2.05) is 84.9 Å². The van der Waals surface area contributed by atoms with E-state index in [1.165, 1.54) is 11.0 Å². The molecule has 0 saturated heterocycles. The van der Waals surface area contributed by atoms with Gasteiger partial charge in [-0.3, -0.25) is 9.69 Å². The van der Waals surface area contributed by atoms with Crippen molar-refractivity contribution in [2.75, 3.05) is 11.4 Å². The van der Waals surface area contributed by atoms with Crippen LogP contribution in [0.1, 0.15) is 81.2 Å². The minimum Gasteiger partial charge on any atom is -0.506 e. The molecule has 1 fully saturated rings. The number of carboxylic acid groups (broad SMARTS) is 1. The molecule has 2 amide bonds. The largest absolute Gasteiger partial charge is 0.506 e. The number of carbonyl (C=O) groups excluding carboxylic acids is 1. The van der Waals surface area contributed by atoms with Crippen molar-refractivity contribution in [1.82, 2.24) is 20.2 Å². The molecule has 7 aromatic rings. The first-order valence-corrected chi connectivity index (χ1v) is 27.2. The molecule has 5 N–H and O–H groups in total. The number of alkyl carbamates (subject to hydrolysis) is 1. The van der Waals surface area contributed by atoms with Crippen molar-refractivity contribution in [3.63, 3.8) is 0 Å². The number of hydrogen-bond donors (Lipinski definition) is 5. The lowest BCUT2D eigenvalue weighted by Gasteiger charge is -2.39. The zero-order valence-corrected chi connectivity index (χ0v) is 41.8. The van der Waals surface area contributed by atoms with Gasteiger partial charge in [0.2, 0.25) is 5.56 Å². The molecule has 0 aliphatic heterocycles. The summed E-state index contributed by atoms with van der Waals surface area (Å²) in [6.45, 7) is 13.2. The Morgan fingerprint density at radius 1 is 0.886 bits per heavy atom. The molecule has 1 atom stereocenters. The van der Waals surface area contributed by atoms with Crippen LogP contribution in [-0.4, -0.2) is 58.9 Å². The van der Waals surface area contributed by atoms with E-state index in [-0.39, 0.29) is 41.1 Å². The summed E-state index contributed by atoms with van der Waals surface area (Å²) in [7, 11) is -2.23. The molecule has 0 radical (unpaired) electrons. The van der Waals surface area contributed by atoms with Gasteiger partial charge in [-0.05, 0) is 120 Å². The van der Waals surface area contributed by atoms with Crippen molar-refractivity contribution in [3.8, 4) is 16.9 Å². The van der Waals surface area contributed by atoms with Crippen LogP contribution in [0.5, 0.6) is 5.75 Å². The Bertz CT molecular complexity index is 3010. The first-order valence-electron chi connectivity index (χ1n) is 24.3. The molecule has 0 spiro atoms. The Morgan fingerprint density at radius 2 is 1.63 bits per heavy atom. The van der Waals surface area contributed by atoms with E-state index >= 15 is 0 Å². The number of aromatic hydroxyl groups is 1. The number of phenolic OH excluding ortho intramolecular Hbond substituents is 1. The minimum atomic E-state index is -2.23. The van der Waals surface area contributed by atoms with E-state index in [0.717, 1.165) is 62.6 Å². The summed E-state index contributed by atoms with van der Waals surface area (Å²) >= 11 is 0. The van der Waals surface area contributed by atoms with Gasteiger partial charge in [0.1, 0.15) is 12.4 Å². The number of carbonyl (C=O) groups is 2. The van der Waals surface area contributed by atoms with Gasteiger partial charge in [-0.1, -0.05) is 118 Å². The fourth-order valence-corrected chi connectivity index (χ4v) is 10.5. The number of aryl methyl sites for hydroxylation is 1. The summed E-state index contributed by atoms with van der Waals surface area (Å²) < 4.78 is 14.7. The number of phenols is 1. The zero-order valence-electron chi connectivity index (χ0n) is 40.8. The first-order chi connectivity index (χ1) is 33.6. The standard InChI is InChI=1S/C57H65N5O7Si/c1-57(2,3)70(4,5)69-52(47-26-29-51(63)54-48(47)27-30-53(64)60-54)37-58-36-41-20-28-49-43(34-41)31-33-61(49)32-13-12-14-39-19-25-46(42-17-10-7-11-18-42)50(35-39)62(56(66)67)45-23-21-44(22-24-45)59-55(65)68-38-40-15-8-6-9-16-40/h6-12,14-20,25-31,33-35,44-45,52,58,63H,13,21-24,32,36-38H2,1-5H3,(H,59,65)(H,60,64)(H,66,67)/t44?,45?,52-/m0/s1. The number of anilines is 1. The molecule has 12 nitrogen and oxygen atoms in total. The number of H-pyrrole nitrogens is 1. The number of aromatic nitrogens is 2. The third-order valence-corrected chi connectivity index (χ3v) is 18.5. The highest BCUT2D eigenvalue weighted by molar-refractivity contribution is 6.74. The van der Waals surface area contributed by atoms with Crippen LogP contribution in [0.15, 0.2) is 144 Å². The molecule has 0 bridgehead atoms. The predicted molar refractivity (Wildman–Crippen MR) is 283 cm³/mol. The molecule has 8 rings (SSSR count). The topological polar surface area (TPSA) is 158 Å². The lowest BCUT2D eigenvalue weighted by molar-refractivity contribution is 0.132. The van der Waals surface area contributed by atoms with Crippen molar-refractivity contribution in [2.24, 2.45) is 0 Å². The van der Waals surface area contributed by atoms with E-state index in [2.05, 4.69) is 96.7 Å². The smallest absolute Gasteiger partial charge is 0.412 e. The first kappa shape index (κ1) is 49.5. The van der Waals surface area contributed by atoms with Gasteiger partial charge in [0.15, 0.2) is 8.32 Å². The third-order valence-electron chi connectivity index (χ3n) is 14.0. The van der Waals surface area contributed by atoms with Crippen LogP contribution >= 0.6 is 0 Å². The Labute approximate surface area is 411 Å². The normalized spacial score (nSPS) is 15.8. The van der Waals surface area contributed by atoms with Crippen molar-refractivity contribution in [3.05, 3.63) is 172 Å². The van der Waals surface area contributed by atoms with E-state index < -0.39 is 20.5 Å². The molecule has 1 aliphatic rings. The molecule has 364 valence electrons. The van der Waals surface area contributed by atoms with Crippen molar-refractivity contribution in [1.29, 1.82) is 0 Å². The molecule has 13 heteroatoms. The Kier molecular flexibility index (Phi) is 15.4. The highest BCUT2D eigenvalue weighted by Crippen LogP contribution is 2.42. The van der Waals surface area contributed by atoms with Crippen LogP contribution in [0.4, 0.5) is 15.3 Å². The average molecular weight is 960 g/mol. The number of fused-ring (bicyclic) bond motifs is 2. The van der Waals surface area contributed by atoms with E-state index in [1.54, 1.807) is 12.1 Å². The molecule has 1 aliphatic carbocycles. The number of aromatic amines is 1. The number of benzene rings is 5. The molecule has 2 heterocycles. The molecule has 1 saturated carbocycles. The van der Waals surface area contributed by atoms with Crippen molar-refractivity contribution in [2.45, 2.75) is 109 Å². The maximum atomic E-state index is 13.2.